The van der Waals surface area contributed by atoms with Crippen LogP contribution in [0.3, 0.4) is 0 Å². The number of ketones is 1. The Kier molecular flexibility index (Phi) is 13.5. The van der Waals surface area contributed by atoms with Crippen LogP contribution in [0.5, 0.6) is 0 Å². The molecule has 4 atom stereocenters. The van der Waals surface area contributed by atoms with Gasteiger partial charge in [0.15, 0.2) is 12.1 Å². The van der Waals surface area contributed by atoms with Crippen LogP contribution in [0, 0.1) is 44.4 Å². The Balaban J connectivity index is 0.00000580. The van der Waals surface area contributed by atoms with E-state index in [0.29, 0.717) is 59.2 Å². The normalized spacial score (nSPS) is 23.0. The van der Waals surface area contributed by atoms with E-state index in [0.717, 1.165) is 69.3 Å². The fraction of sp³-hybridized carbons (Fsp3) is 0.467. The molecule has 1 N–H and O–H groups in total. The van der Waals surface area contributed by atoms with Crippen LogP contribution in [0.1, 0.15) is 128 Å². The average molecular weight is 755 g/mol. The molecule has 2 aliphatic heterocycles. The summed E-state index contributed by atoms with van der Waals surface area (Å²) in [7, 11) is 1.30. The zero-order chi connectivity index (χ0) is 39.0. The molecule has 3 aliphatic rings. The van der Waals surface area contributed by atoms with Crippen LogP contribution in [0.4, 0.5) is 0 Å². The molecule has 1 aliphatic carbocycles. The first-order valence-corrected chi connectivity index (χ1v) is 19.4. The summed E-state index contributed by atoms with van der Waals surface area (Å²) in [5, 5.41) is 17.9. The average Bonchev–Trinajstić information content (AvgIpc) is 3.87. The zero-order valence-electron chi connectivity index (χ0n) is 34.0. The number of methoxy groups -OCH3 is 1. The molecule has 9 nitrogen and oxygen atoms in total. The van der Waals surface area contributed by atoms with Crippen LogP contribution in [-0.2, 0) is 20.7 Å². The van der Waals surface area contributed by atoms with Gasteiger partial charge in [-0.1, -0.05) is 104 Å². The Morgan fingerprint density at radius 3 is 2.38 bits per heavy atom. The molecule has 1 fully saturated rings. The van der Waals surface area contributed by atoms with Gasteiger partial charge in [-0.3, -0.25) is 9.59 Å². The molecule has 0 saturated carbocycles. The summed E-state index contributed by atoms with van der Waals surface area (Å²) in [5.41, 5.74) is 10.9. The molecule has 1 saturated heterocycles. The first kappa shape index (κ1) is 42.3. The number of rotatable bonds is 13. The number of hydrogen-bond donors (Lipinski definition) is 1. The Bertz CT molecular complexity index is 2190. The van der Waals surface area contributed by atoms with Gasteiger partial charge in [0.25, 0.3) is 0 Å². The van der Waals surface area contributed by atoms with E-state index in [1.165, 1.54) is 19.1 Å². The van der Waals surface area contributed by atoms with Crippen molar-refractivity contribution in [1.82, 2.24) is 15.0 Å². The van der Waals surface area contributed by atoms with Gasteiger partial charge in [-0.05, 0) is 83.1 Å². The predicted octanol–water partition coefficient (Wildman–Crippen LogP) is 6.54. The first-order valence-electron chi connectivity index (χ1n) is 19.4. The second-order valence-electron chi connectivity index (χ2n) is 15.5. The molecule has 0 amide bonds. The minimum absolute atomic E-state index is 0. The Hall–Kier alpha value is -3.83. The molecule has 3 aromatic rings. The van der Waals surface area contributed by atoms with Crippen molar-refractivity contribution in [2.24, 2.45) is 23.7 Å². The monoisotopic (exact) mass is 754 g/mol. The van der Waals surface area contributed by atoms with Gasteiger partial charge in [-0.15, -0.1) is 33.5 Å². The summed E-state index contributed by atoms with van der Waals surface area (Å²) in [6, 6.07) is 0. The molecule has 8 bridgehead atoms. The molecule has 3 aromatic heterocycles. The number of aromatic nitrogens is 3. The quantitative estimate of drug-likeness (QED) is 0.0685. The van der Waals surface area contributed by atoms with Crippen molar-refractivity contribution in [2.75, 3.05) is 13.7 Å². The molecular formula is C45H54MgN4O5-2. The number of esters is 1. The van der Waals surface area contributed by atoms with Gasteiger partial charge in [0.2, 0.25) is 0 Å². The van der Waals surface area contributed by atoms with E-state index in [1.54, 1.807) is 0 Å². The van der Waals surface area contributed by atoms with Crippen molar-refractivity contribution in [3.63, 3.8) is 0 Å². The largest absolute Gasteiger partial charge is 2.00 e. The number of aliphatic hydroxyl groups excluding tert-OH is 1. The van der Waals surface area contributed by atoms with E-state index in [2.05, 4.69) is 48.1 Å². The van der Waals surface area contributed by atoms with Crippen molar-refractivity contribution in [2.45, 2.75) is 100 Å². The minimum atomic E-state index is -1.19. The summed E-state index contributed by atoms with van der Waals surface area (Å²) in [6.07, 6.45) is 13.8. The molecule has 0 radical (unpaired) electrons. The Labute approximate surface area is 341 Å². The predicted molar refractivity (Wildman–Crippen MR) is 219 cm³/mol. The summed E-state index contributed by atoms with van der Waals surface area (Å²) in [4.78, 5) is 43.0. The number of carbonyl (C=O) groups is 2. The topological polar surface area (TPSA) is 129 Å². The number of nitrogens with zero attached hydrogens (tertiary/aromatic N) is 4. The molecule has 6 rings (SSSR count). The number of fused-ring (bicyclic) bond motifs is 7. The second-order valence-corrected chi connectivity index (χ2v) is 15.5. The van der Waals surface area contributed by atoms with Crippen molar-refractivity contribution in [3.8, 4) is 0 Å². The maximum atomic E-state index is 14.3. The minimum Gasteiger partial charge on any atom is -0.664 e. The number of hydrogen-bond acceptors (Lipinski definition) is 5. The van der Waals surface area contributed by atoms with Crippen LogP contribution in [0.25, 0.3) is 35.2 Å². The number of allylic oxidation sites excluding steroid dienone is 3. The van der Waals surface area contributed by atoms with Gasteiger partial charge in [0.05, 0.1) is 13.7 Å². The first-order chi connectivity index (χ1) is 25.8. The number of carbonyl (C=O) groups excluding carboxylic acids is 2. The van der Waals surface area contributed by atoms with Gasteiger partial charge >= 0.3 is 29.0 Å². The molecule has 10 heteroatoms. The van der Waals surface area contributed by atoms with E-state index >= 15 is 0 Å². The fourth-order valence-electron chi connectivity index (χ4n) is 8.25. The van der Waals surface area contributed by atoms with Crippen LogP contribution in [0.2, 0.25) is 0 Å². The summed E-state index contributed by atoms with van der Waals surface area (Å²) in [5.74, 6) is -1.89. The van der Waals surface area contributed by atoms with Gasteiger partial charge < -0.3 is 34.8 Å². The maximum Gasteiger partial charge on any atom is 2.00 e. The molecule has 0 spiro atoms. The molecular weight excluding hydrogens is 701 g/mol. The summed E-state index contributed by atoms with van der Waals surface area (Å²) >= 11 is 0. The summed E-state index contributed by atoms with van der Waals surface area (Å²) in [6.45, 7) is 21.2. The van der Waals surface area contributed by atoms with Gasteiger partial charge in [-0.25, -0.2) is 0 Å². The van der Waals surface area contributed by atoms with Crippen molar-refractivity contribution >= 4 is 64.7 Å². The van der Waals surface area contributed by atoms with E-state index in [9.17, 15) is 14.7 Å². The van der Waals surface area contributed by atoms with Gasteiger partial charge in [0, 0.05) is 5.56 Å². The van der Waals surface area contributed by atoms with E-state index < -0.39 is 18.2 Å². The van der Waals surface area contributed by atoms with Crippen molar-refractivity contribution in [3.05, 3.63) is 102 Å². The third-order valence-corrected chi connectivity index (χ3v) is 11.5. The van der Waals surface area contributed by atoms with Crippen molar-refractivity contribution in [1.29, 1.82) is 0 Å². The number of Topliss-reactive ketones (excluding diaryl/α,β-unsaturated/α-hetero) is 1. The standard InChI is InChI=1S/C45H55N4O5.Mg/c1-11-29-25(6)32-20-34-27(8)31(16-17-38(50)54-19-18-24(5)15-13-14-23(3)4)42(48-34)40-41(45(52)53-10)44(51)39-28(9)35(49-43(39)40)22-37-30(12-2)26(7)33(47-37)21-36(29)46-32;/h11,18,20-23,27,31,38,41,50H,1,12-17,19H2,2-10H3,(H-,48,49,51);/q-3;+2/p-1/b24-18+,33-21-,34-20-,37-22-;/t27-,31-,38?,41+;/m0./s1. The van der Waals surface area contributed by atoms with Crippen LogP contribution in [-0.4, -0.2) is 59.9 Å². The van der Waals surface area contributed by atoms with Gasteiger partial charge in [-0.2, -0.15) is 11.4 Å². The summed E-state index contributed by atoms with van der Waals surface area (Å²) < 4.78 is 11.1. The van der Waals surface area contributed by atoms with E-state index in [-0.39, 0.29) is 40.7 Å². The molecule has 55 heavy (non-hydrogen) atoms. The van der Waals surface area contributed by atoms with Crippen LogP contribution >= 0.6 is 0 Å². The fourth-order valence-corrected chi connectivity index (χ4v) is 8.25. The molecule has 288 valence electrons. The number of ether oxygens (including phenoxy) is 2. The molecule has 5 heterocycles. The third-order valence-electron chi connectivity index (χ3n) is 11.5. The maximum absolute atomic E-state index is 14.3. The van der Waals surface area contributed by atoms with Crippen molar-refractivity contribution < 1.29 is 24.2 Å². The van der Waals surface area contributed by atoms with Crippen LogP contribution < -0.4 is 25.7 Å². The van der Waals surface area contributed by atoms with E-state index in [4.69, 9.17) is 29.7 Å². The molecule has 0 aromatic carbocycles. The Morgan fingerprint density at radius 1 is 1.00 bits per heavy atom. The SMILES string of the molecule is C=Cc1c2[n-]c(c1C)/C=C1\[N-]/C(=C3\c4[n-]c(c(C)c4C(=O)[C@@H]3C(=O)OC)/C=c3\[n-]/c(c(C)c3CC)=C\2)[C@@H](CCC(O)OC/C=C(\C)CCCC(C)C)[C@@H]1C.[Mg+2]. The number of aliphatic hydroxyl groups is 1. The second kappa shape index (κ2) is 17.5. The third kappa shape index (κ3) is 8.20. The van der Waals surface area contributed by atoms with Gasteiger partial charge in [0.1, 0.15) is 5.92 Å². The van der Waals surface area contributed by atoms with E-state index in [1.807, 2.05) is 44.2 Å². The smallest absolute Gasteiger partial charge is 0.664 e. The molecule has 1 unspecified atom stereocenters. The zero-order valence-corrected chi connectivity index (χ0v) is 35.4. The Morgan fingerprint density at radius 2 is 1.71 bits per heavy atom. The van der Waals surface area contributed by atoms with Crippen LogP contribution in [0.15, 0.2) is 29.6 Å².